The number of ether oxygens (including phenoxy) is 3. The maximum atomic E-state index is 13.9. The van der Waals surface area contributed by atoms with Crippen LogP contribution in [-0.2, 0) is 14.3 Å². The molecule has 0 aromatic heterocycles. The third-order valence-corrected chi connectivity index (χ3v) is 7.38. The van der Waals surface area contributed by atoms with Crippen molar-refractivity contribution in [2.45, 2.75) is 25.4 Å². The molecule has 2 fully saturated rings. The normalized spacial score (nSPS) is 27.6. The van der Waals surface area contributed by atoms with Crippen molar-refractivity contribution in [3.8, 4) is 11.5 Å². The Bertz CT molecular complexity index is 1150. The molecule has 2 saturated heterocycles. The number of methoxy groups -OCH3 is 1. The van der Waals surface area contributed by atoms with Crippen LogP contribution in [0.1, 0.15) is 25.5 Å². The number of carbonyl (C=O) groups excluding carboxylic acids is 3. The second kappa shape index (κ2) is 7.76. The van der Waals surface area contributed by atoms with E-state index in [1.165, 1.54) is 0 Å². The molecule has 0 saturated carbocycles. The van der Waals surface area contributed by atoms with Crippen molar-refractivity contribution in [1.82, 2.24) is 4.90 Å². The van der Waals surface area contributed by atoms with Crippen LogP contribution in [0.5, 0.6) is 11.5 Å². The molecule has 5 rings (SSSR count). The lowest BCUT2D eigenvalue weighted by Gasteiger charge is -2.34. The first-order valence-corrected chi connectivity index (χ1v) is 11.5. The van der Waals surface area contributed by atoms with Gasteiger partial charge in [0.1, 0.15) is 17.0 Å². The summed E-state index contributed by atoms with van der Waals surface area (Å²) in [7, 11) is 1.57. The first-order chi connectivity index (χ1) is 15.8. The van der Waals surface area contributed by atoms with Crippen molar-refractivity contribution in [1.29, 1.82) is 0 Å². The molecule has 4 atom stereocenters. The Morgan fingerprint density at radius 3 is 2.61 bits per heavy atom. The number of carbonyl (C=O) groups is 3. The molecule has 2 aromatic carbocycles. The van der Waals surface area contributed by atoms with E-state index in [0.717, 1.165) is 14.9 Å². The van der Waals surface area contributed by atoms with Gasteiger partial charge in [-0.05, 0) is 50.2 Å². The van der Waals surface area contributed by atoms with Crippen LogP contribution in [0.3, 0.4) is 0 Å². The Balaban J connectivity index is 1.66. The highest BCUT2D eigenvalue weighted by Crippen LogP contribution is 2.58. The lowest BCUT2D eigenvalue weighted by Crippen LogP contribution is -2.51. The van der Waals surface area contributed by atoms with Gasteiger partial charge in [-0.15, -0.1) is 0 Å². The summed E-state index contributed by atoms with van der Waals surface area (Å²) in [4.78, 5) is 43.6. The molecule has 0 N–H and O–H groups in total. The molecular formula is C24H23BrN2O6. The molecule has 0 aliphatic carbocycles. The van der Waals surface area contributed by atoms with E-state index in [1.54, 1.807) is 62.3 Å². The van der Waals surface area contributed by atoms with Gasteiger partial charge < -0.3 is 19.1 Å². The Hall–Kier alpha value is -3.07. The maximum absolute atomic E-state index is 13.9. The molecule has 3 amide bonds. The van der Waals surface area contributed by atoms with Gasteiger partial charge in [0.15, 0.2) is 0 Å². The highest BCUT2D eigenvalue weighted by atomic mass is 79.9. The van der Waals surface area contributed by atoms with Gasteiger partial charge in [0, 0.05) is 22.0 Å². The number of rotatable bonds is 4. The molecule has 3 aliphatic rings. The fraction of sp³-hybridized carbons (Fsp3) is 0.375. The fourth-order valence-electron chi connectivity index (χ4n) is 5.41. The molecule has 0 spiro atoms. The zero-order valence-corrected chi connectivity index (χ0v) is 20.0. The number of imide groups is 1. The number of hydrogen-bond donors (Lipinski definition) is 0. The minimum atomic E-state index is -1.41. The van der Waals surface area contributed by atoms with Gasteiger partial charge in [-0.3, -0.25) is 9.59 Å². The van der Waals surface area contributed by atoms with E-state index in [1.807, 2.05) is 6.07 Å². The number of esters is 1. The summed E-state index contributed by atoms with van der Waals surface area (Å²) in [6.07, 6.45) is 0. The Morgan fingerprint density at radius 1 is 1.21 bits per heavy atom. The number of hydrogen-bond acceptors (Lipinski definition) is 6. The second-order valence-corrected chi connectivity index (χ2v) is 9.39. The molecule has 3 heterocycles. The van der Waals surface area contributed by atoms with Crippen LogP contribution >= 0.6 is 15.9 Å². The molecule has 0 unspecified atom stereocenters. The topological polar surface area (TPSA) is 85.4 Å². The summed E-state index contributed by atoms with van der Waals surface area (Å²) in [5.41, 5.74) is -0.217. The van der Waals surface area contributed by atoms with Crippen LogP contribution in [0.4, 0.5) is 10.5 Å². The second-order valence-electron chi connectivity index (χ2n) is 8.47. The number of benzene rings is 2. The fourth-order valence-corrected chi connectivity index (χ4v) is 5.68. The van der Waals surface area contributed by atoms with Gasteiger partial charge in [-0.2, -0.15) is 0 Å². The largest absolute Gasteiger partial charge is 0.497 e. The molecular weight excluding hydrogens is 492 g/mol. The SMILES string of the molecule is CCOC(=O)[C@@H]1[C@H]2COc3cc(OC)ccc3[C@H]2N2C(=O)N(c3ccc(Br)cc3)C(=O)[C@]12C. The average molecular weight is 515 g/mol. The van der Waals surface area contributed by atoms with Crippen molar-refractivity contribution in [3.05, 3.63) is 52.5 Å². The van der Waals surface area contributed by atoms with Crippen molar-refractivity contribution in [2.75, 3.05) is 25.2 Å². The number of nitrogens with zero attached hydrogens (tertiary/aromatic N) is 2. The molecule has 9 heteroatoms. The first-order valence-electron chi connectivity index (χ1n) is 10.7. The Kier molecular flexibility index (Phi) is 5.12. The van der Waals surface area contributed by atoms with Crippen LogP contribution in [0.25, 0.3) is 0 Å². The maximum Gasteiger partial charge on any atom is 0.332 e. The molecule has 2 aromatic rings. The minimum absolute atomic E-state index is 0.177. The van der Waals surface area contributed by atoms with E-state index < -0.39 is 41.3 Å². The van der Waals surface area contributed by atoms with Gasteiger partial charge in [0.25, 0.3) is 5.91 Å². The van der Waals surface area contributed by atoms with Crippen molar-refractivity contribution in [3.63, 3.8) is 0 Å². The van der Waals surface area contributed by atoms with Crippen LogP contribution < -0.4 is 14.4 Å². The lowest BCUT2D eigenvalue weighted by molar-refractivity contribution is -0.154. The van der Waals surface area contributed by atoms with E-state index in [4.69, 9.17) is 14.2 Å². The van der Waals surface area contributed by atoms with E-state index in [2.05, 4.69) is 15.9 Å². The van der Waals surface area contributed by atoms with Crippen molar-refractivity contribution < 1.29 is 28.6 Å². The average Bonchev–Trinajstić information content (AvgIpc) is 3.19. The summed E-state index contributed by atoms with van der Waals surface area (Å²) >= 11 is 3.38. The predicted molar refractivity (Wildman–Crippen MR) is 122 cm³/mol. The van der Waals surface area contributed by atoms with E-state index in [9.17, 15) is 14.4 Å². The Morgan fingerprint density at radius 2 is 1.94 bits per heavy atom. The third kappa shape index (κ3) is 2.98. The number of amides is 3. The van der Waals surface area contributed by atoms with Gasteiger partial charge in [-0.1, -0.05) is 15.9 Å². The summed E-state index contributed by atoms with van der Waals surface area (Å²) < 4.78 is 17.5. The highest BCUT2D eigenvalue weighted by Gasteiger charge is 2.72. The lowest BCUT2D eigenvalue weighted by atomic mass is 9.77. The minimum Gasteiger partial charge on any atom is -0.497 e. The highest BCUT2D eigenvalue weighted by molar-refractivity contribution is 9.10. The molecule has 172 valence electrons. The van der Waals surface area contributed by atoms with E-state index >= 15 is 0 Å². The summed E-state index contributed by atoms with van der Waals surface area (Å²) in [6, 6.07) is 11.3. The van der Waals surface area contributed by atoms with E-state index in [-0.39, 0.29) is 13.2 Å². The van der Waals surface area contributed by atoms with Crippen LogP contribution in [-0.4, -0.2) is 48.7 Å². The van der Waals surface area contributed by atoms with Gasteiger partial charge in [0.2, 0.25) is 0 Å². The third-order valence-electron chi connectivity index (χ3n) is 6.85. The van der Waals surface area contributed by atoms with Crippen molar-refractivity contribution >= 4 is 39.5 Å². The summed E-state index contributed by atoms with van der Waals surface area (Å²) in [5, 5.41) is 0. The van der Waals surface area contributed by atoms with Gasteiger partial charge in [0.05, 0.1) is 38.0 Å². The number of anilines is 1. The molecule has 33 heavy (non-hydrogen) atoms. The zero-order chi connectivity index (χ0) is 23.5. The van der Waals surface area contributed by atoms with Crippen LogP contribution in [0, 0.1) is 11.8 Å². The van der Waals surface area contributed by atoms with Crippen LogP contribution in [0.2, 0.25) is 0 Å². The van der Waals surface area contributed by atoms with E-state index in [0.29, 0.717) is 17.2 Å². The van der Waals surface area contributed by atoms with Crippen molar-refractivity contribution in [2.24, 2.45) is 11.8 Å². The van der Waals surface area contributed by atoms with Gasteiger partial charge >= 0.3 is 12.0 Å². The number of halogens is 1. The quantitative estimate of drug-likeness (QED) is 0.453. The number of urea groups is 1. The zero-order valence-electron chi connectivity index (χ0n) is 18.4. The molecule has 0 bridgehead atoms. The van der Waals surface area contributed by atoms with Gasteiger partial charge in [-0.25, -0.2) is 9.69 Å². The predicted octanol–water partition coefficient (Wildman–Crippen LogP) is 3.93. The molecule has 3 aliphatic heterocycles. The molecule has 0 radical (unpaired) electrons. The Labute approximate surface area is 199 Å². The standard InChI is InChI=1S/C24H23BrN2O6/c1-4-32-21(28)19-17-12-33-18-11-15(31-3)9-10-16(18)20(17)27-23(30)26(22(29)24(19,27)2)14-7-5-13(25)6-8-14/h5-11,17,19-20H,4,12H2,1-3H3/t17-,19+,20-,24+/m1/s1. The number of fused-ring (bicyclic) bond motifs is 5. The molecule has 8 nitrogen and oxygen atoms in total. The smallest absolute Gasteiger partial charge is 0.332 e. The summed E-state index contributed by atoms with van der Waals surface area (Å²) in [5.74, 6) is -1.04. The van der Waals surface area contributed by atoms with Crippen LogP contribution in [0.15, 0.2) is 46.9 Å². The monoisotopic (exact) mass is 514 g/mol. The summed E-state index contributed by atoms with van der Waals surface area (Å²) in [6.45, 7) is 3.74. The first kappa shape index (κ1) is 21.8.